The van der Waals surface area contributed by atoms with Crippen LogP contribution in [0, 0.1) is 13.8 Å². The Hall–Kier alpha value is -4.25. The van der Waals surface area contributed by atoms with Gasteiger partial charge < -0.3 is 9.84 Å². The van der Waals surface area contributed by atoms with Gasteiger partial charge in [-0.15, -0.1) is 22.7 Å². The number of Topliss-reactive ketones (excluding diaryl/α,β-unsaturated/α-hetero) is 1. The number of thiophene rings is 2. The van der Waals surface area contributed by atoms with Crippen LogP contribution in [0.4, 0.5) is 0 Å². The lowest BCUT2D eigenvalue weighted by molar-refractivity contribution is -0.116. The van der Waals surface area contributed by atoms with Crippen LogP contribution in [0.1, 0.15) is 61.0 Å². The molecular weight excluding hydrogens is 878 g/mol. The Kier molecular flexibility index (Phi) is 19.9. The number of hydrogen-bond acceptors (Lipinski definition) is 7. The number of aldehydes is 1. The smallest absolute Gasteiger partial charge is 0.348 e. The summed E-state index contributed by atoms with van der Waals surface area (Å²) in [5.41, 5.74) is 6.36. The first-order valence-corrected chi connectivity index (χ1v) is 21.0. The van der Waals surface area contributed by atoms with Gasteiger partial charge in [-0.2, -0.15) is 0 Å². The predicted octanol–water partition coefficient (Wildman–Crippen LogP) is 14.6. The van der Waals surface area contributed by atoms with Crippen LogP contribution in [-0.2, 0) is 20.7 Å². The fourth-order valence-corrected chi connectivity index (χ4v) is 7.55. The van der Waals surface area contributed by atoms with Crippen molar-refractivity contribution in [2.24, 2.45) is 0 Å². The molecule has 0 aliphatic carbocycles. The van der Waals surface area contributed by atoms with Crippen LogP contribution in [0.15, 0.2) is 114 Å². The van der Waals surface area contributed by atoms with Gasteiger partial charge in [-0.25, -0.2) is 9.59 Å². The van der Waals surface area contributed by atoms with E-state index in [9.17, 15) is 19.2 Å². The molecule has 58 heavy (non-hydrogen) atoms. The average molecular weight is 917 g/mol. The lowest BCUT2D eigenvalue weighted by Crippen LogP contribution is -2.01. The van der Waals surface area contributed by atoms with Gasteiger partial charge in [0.05, 0.1) is 6.61 Å². The van der Waals surface area contributed by atoms with Crippen LogP contribution >= 0.6 is 80.7 Å². The van der Waals surface area contributed by atoms with Crippen LogP contribution in [0.5, 0.6) is 0 Å². The predicted molar refractivity (Wildman–Crippen MR) is 244 cm³/mol. The molecule has 302 valence electrons. The molecule has 4 aromatic carbocycles. The average Bonchev–Trinajstić information content (AvgIpc) is 3.77. The van der Waals surface area contributed by atoms with Gasteiger partial charge in [0.2, 0.25) is 0 Å². The number of rotatable bonds is 9. The van der Waals surface area contributed by atoms with Gasteiger partial charge in [-0.05, 0) is 129 Å². The second-order valence-corrected chi connectivity index (χ2v) is 17.1. The van der Waals surface area contributed by atoms with E-state index >= 15 is 0 Å². The van der Waals surface area contributed by atoms with Crippen LogP contribution in [0.2, 0.25) is 20.1 Å². The third kappa shape index (κ3) is 15.5. The van der Waals surface area contributed by atoms with Gasteiger partial charge in [0.15, 0.2) is 6.29 Å². The monoisotopic (exact) mass is 914 g/mol. The summed E-state index contributed by atoms with van der Waals surface area (Å²) in [6.45, 7) is 9.37. The number of allylic oxidation sites excluding steroid dienone is 2. The molecule has 2 heterocycles. The van der Waals surface area contributed by atoms with Gasteiger partial charge in [-0.3, -0.25) is 9.59 Å². The molecule has 0 saturated carbocycles. The first kappa shape index (κ1) is 48.1. The van der Waals surface area contributed by atoms with Crippen molar-refractivity contribution in [3.05, 3.63) is 165 Å². The number of esters is 1. The van der Waals surface area contributed by atoms with Crippen LogP contribution in [0.25, 0.3) is 27.8 Å². The van der Waals surface area contributed by atoms with E-state index in [4.69, 9.17) is 67.8 Å². The highest BCUT2D eigenvalue weighted by molar-refractivity contribution is 7.14. The Morgan fingerprint density at radius 2 is 1.05 bits per heavy atom. The van der Waals surface area contributed by atoms with Crippen molar-refractivity contribution in [2.45, 2.75) is 41.0 Å². The number of benzene rings is 4. The maximum Gasteiger partial charge on any atom is 0.348 e. The van der Waals surface area contributed by atoms with Gasteiger partial charge in [0, 0.05) is 46.9 Å². The van der Waals surface area contributed by atoms with Crippen molar-refractivity contribution in [3.8, 4) is 22.3 Å². The van der Waals surface area contributed by atoms with Crippen molar-refractivity contribution in [2.75, 3.05) is 6.61 Å². The zero-order chi connectivity index (χ0) is 42.9. The molecule has 0 spiro atoms. The van der Waals surface area contributed by atoms with E-state index in [0.717, 1.165) is 49.4 Å². The number of ketones is 1. The molecule has 0 atom stereocenters. The number of carbonyl (C=O) groups is 4. The molecule has 0 fully saturated rings. The molecule has 1 N–H and O–H groups in total. The van der Waals surface area contributed by atoms with E-state index in [-0.39, 0.29) is 11.8 Å². The summed E-state index contributed by atoms with van der Waals surface area (Å²) in [4.78, 5) is 46.9. The van der Waals surface area contributed by atoms with E-state index in [1.165, 1.54) is 22.7 Å². The van der Waals surface area contributed by atoms with E-state index < -0.39 is 5.97 Å². The number of aryl methyl sites for hydroxylation is 2. The van der Waals surface area contributed by atoms with Crippen molar-refractivity contribution in [3.63, 3.8) is 0 Å². The summed E-state index contributed by atoms with van der Waals surface area (Å²) in [5.74, 6) is -0.966. The largest absolute Gasteiger partial charge is 0.477 e. The minimum Gasteiger partial charge on any atom is -0.477 e. The molecule has 13 heteroatoms. The molecule has 0 unspecified atom stereocenters. The molecule has 0 saturated heterocycles. The highest BCUT2D eigenvalue weighted by Crippen LogP contribution is 2.33. The van der Waals surface area contributed by atoms with Crippen LogP contribution in [-0.4, -0.2) is 35.7 Å². The van der Waals surface area contributed by atoms with Crippen LogP contribution < -0.4 is 0 Å². The maximum absolute atomic E-state index is 11.7. The fourth-order valence-electron chi connectivity index (χ4n) is 5.07. The molecule has 0 amide bonds. The van der Waals surface area contributed by atoms with Crippen molar-refractivity contribution >= 4 is 110 Å². The first-order chi connectivity index (χ1) is 27.5. The Balaban J connectivity index is 0.000000210. The van der Waals surface area contributed by atoms with Gasteiger partial charge in [-0.1, -0.05) is 107 Å². The minimum absolute atomic E-state index is 0.173. The molecule has 6 nitrogen and oxygen atoms in total. The lowest BCUT2D eigenvalue weighted by Gasteiger charge is -2.00. The first-order valence-electron chi connectivity index (χ1n) is 17.5. The number of carboxylic acid groups (broad SMARTS) is 1. The van der Waals surface area contributed by atoms with E-state index in [1.54, 1.807) is 75.4 Å². The summed E-state index contributed by atoms with van der Waals surface area (Å²) < 4.78 is 5.00. The molecule has 6 aromatic rings. The Bertz CT molecular complexity index is 2330. The van der Waals surface area contributed by atoms with E-state index in [2.05, 4.69) is 0 Å². The number of carbonyl (C=O) groups excluding carboxylic acids is 3. The minimum atomic E-state index is -0.881. The Labute approximate surface area is 371 Å². The van der Waals surface area contributed by atoms with Crippen molar-refractivity contribution in [1.82, 2.24) is 0 Å². The molecular formula is C45H39Cl5O6S2. The summed E-state index contributed by atoms with van der Waals surface area (Å²) in [7, 11) is 0. The van der Waals surface area contributed by atoms with Gasteiger partial charge in [0.1, 0.15) is 15.5 Å². The highest BCUT2D eigenvalue weighted by atomic mass is 35.5. The fraction of sp³-hybridized carbons (Fsp3) is 0.156. The van der Waals surface area contributed by atoms with Crippen LogP contribution in [0.3, 0.4) is 0 Å². The topological polar surface area (TPSA) is 97.7 Å². The summed E-state index contributed by atoms with van der Waals surface area (Å²) >= 11 is 31.5. The van der Waals surface area contributed by atoms with Gasteiger partial charge >= 0.3 is 11.9 Å². The van der Waals surface area contributed by atoms with Crippen molar-refractivity contribution in [1.29, 1.82) is 0 Å². The summed E-state index contributed by atoms with van der Waals surface area (Å²) in [6.07, 6.45) is 1.24. The zero-order valence-electron chi connectivity index (χ0n) is 32.1. The Morgan fingerprint density at radius 1 is 0.655 bits per heavy atom. The quantitative estimate of drug-likeness (QED) is 0.0881. The number of halogens is 5. The molecule has 0 aliphatic heterocycles. The number of ether oxygens (including phenoxy) is 1. The highest BCUT2D eigenvalue weighted by Gasteiger charge is 2.15. The normalized spacial score (nSPS) is 10.7. The molecule has 6 rings (SSSR count). The number of carboxylic acids is 1. The lowest BCUT2D eigenvalue weighted by atomic mass is 10.1. The summed E-state index contributed by atoms with van der Waals surface area (Å²) in [6, 6.07) is 32.8. The second kappa shape index (κ2) is 24.0. The molecule has 0 radical (unpaired) electrons. The zero-order valence-corrected chi connectivity index (χ0v) is 37.5. The molecule has 2 aromatic heterocycles. The third-order valence-corrected chi connectivity index (χ3v) is 11.1. The molecule has 0 bridgehead atoms. The maximum atomic E-state index is 11.7. The number of hydrogen-bond donors (Lipinski definition) is 1. The standard InChI is InChI=1S/C14H13ClO2S.C12H9ClO2S.C10H8Cl2O.C9H9ClO/c1-3-17-14(16)13-8-12(9(2)18-13)10-4-6-11(15)7-5-10;1-7-10(6-11(16-7)12(14)15)8-2-4-9(13)5-3-8;1-7(11)10(6-13)8-2-4-9(12)5-3-8;1-7(11)6-8-2-4-9(10)5-3-8/h4-8H,3H2,1-2H3;2-6H,1H3,(H,14,15);2-6H,1H3;2-5H,6H2,1H3/b;;10-7-;. The summed E-state index contributed by atoms with van der Waals surface area (Å²) in [5, 5.41) is 12.1. The second-order valence-electron chi connectivity index (χ2n) is 12.3. The SMILES string of the molecule is C/C(Cl)=C(\C=O)c1ccc(Cl)cc1.CC(=O)Cc1ccc(Cl)cc1.CCOC(=O)c1cc(-c2ccc(Cl)cc2)c(C)s1.Cc1sc(C(=O)O)cc1-c1ccc(Cl)cc1. The third-order valence-electron chi connectivity index (χ3n) is 7.84. The Morgan fingerprint density at radius 3 is 1.41 bits per heavy atom. The number of aromatic carboxylic acids is 1. The molecule has 0 aliphatic rings. The van der Waals surface area contributed by atoms with E-state index in [0.29, 0.717) is 53.5 Å². The van der Waals surface area contributed by atoms with E-state index in [1.807, 2.05) is 68.4 Å². The van der Waals surface area contributed by atoms with Crippen molar-refractivity contribution < 1.29 is 29.0 Å². The van der Waals surface area contributed by atoms with Gasteiger partial charge in [0.25, 0.3) is 0 Å².